The Kier molecular flexibility index (Phi) is 6.78. The van der Waals surface area contributed by atoms with E-state index in [1.165, 1.54) is 28.0 Å². The minimum Gasteiger partial charge on any atom is -0.394 e. The number of hydrogen-bond donors (Lipinski definition) is 2. The number of aliphatic hydroxyl groups excluding tert-OH is 1. The van der Waals surface area contributed by atoms with Gasteiger partial charge in [-0.25, -0.2) is 0 Å². The zero-order valence-electron chi connectivity index (χ0n) is 14.3. The van der Waals surface area contributed by atoms with Crippen LogP contribution in [0.1, 0.15) is 10.4 Å². The largest absolute Gasteiger partial charge is 0.394 e. The fraction of sp³-hybridized carbons (Fsp3) is 0.211. The van der Waals surface area contributed by atoms with Gasteiger partial charge in [0.1, 0.15) is 10.9 Å². The van der Waals surface area contributed by atoms with Crippen molar-refractivity contribution >= 4 is 57.5 Å². The third-order valence-corrected chi connectivity index (χ3v) is 6.10. The van der Waals surface area contributed by atoms with Gasteiger partial charge in [-0.3, -0.25) is 14.5 Å². The number of aliphatic hydroxyl groups is 1. The Hall–Kier alpha value is -2.00. The van der Waals surface area contributed by atoms with Crippen molar-refractivity contribution in [1.29, 1.82) is 0 Å². The fourth-order valence-corrected chi connectivity index (χ4v) is 4.59. The number of amides is 2. The lowest BCUT2D eigenvalue weighted by atomic mass is 10.1. The molecule has 0 radical (unpaired) electrons. The highest BCUT2D eigenvalue weighted by Gasteiger charge is 2.33. The number of nitrogens with one attached hydrogen (secondary N) is 1. The molecule has 3 rings (SSSR count). The van der Waals surface area contributed by atoms with Crippen molar-refractivity contribution in [1.82, 2.24) is 10.2 Å². The first-order valence-electron chi connectivity index (χ1n) is 8.30. The minimum atomic E-state index is -0.417. The van der Waals surface area contributed by atoms with E-state index >= 15 is 0 Å². The van der Waals surface area contributed by atoms with Gasteiger partial charge >= 0.3 is 0 Å². The van der Waals surface area contributed by atoms with E-state index < -0.39 is 6.04 Å². The maximum absolute atomic E-state index is 12.5. The van der Waals surface area contributed by atoms with Crippen LogP contribution in [0.2, 0.25) is 0 Å². The number of benzene rings is 1. The quantitative estimate of drug-likeness (QED) is 0.534. The molecule has 1 aromatic carbocycles. The average Bonchev–Trinajstić information content (AvgIpc) is 3.26. The molecule has 0 aliphatic carbocycles. The second-order valence-corrected chi connectivity index (χ2v) is 8.58. The van der Waals surface area contributed by atoms with Gasteiger partial charge in [0, 0.05) is 4.88 Å². The average molecular weight is 419 g/mol. The van der Waals surface area contributed by atoms with E-state index in [9.17, 15) is 14.7 Å². The zero-order chi connectivity index (χ0) is 19.2. The summed E-state index contributed by atoms with van der Waals surface area (Å²) in [5, 5.41) is 14.3. The number of carbonyl (C=O) groups excluding carboxylic acids is 2. The molecule has 1 aromatic heterocycles. The summed E-state index contributed by atoms with van der Waals surface area (Å²) in [4.78, 5) is 27.7. The molecule has 1 aliphatic heterocycles. The lowest BCUT2D eigenvalue weighted by molar-refractivity contribution is -0.129. The number of hydrogen-bond acceptors (Lipinski definition) is 6. The number of thiocarbonyl (C=S) groups is 1. The van der Waals surface area contributed by atoms with Crippen molar-refractivity contribution in [2.45, 2.75) is 12.5 Å². The molecule has 1 atom stereocenters. The number of thioether (sulfide) groups is 1. The second-order valence-electron chi connectivity index (χ2n) is 5.92. The minimum absolute atomic E-state index is 0.155. The number of carbonyl (C=O) groups is 2. The SMILES string of the molecule is O=C(CN1C(=O)/C(=C\c2cccs2)SC1=S)N[C@@H](CO)Cc1ccccc1. The van der Waals surface area contributed by atoms with E-state index in [-0.39, 0.29) is 25.0 Å². The predicted molar refractivity (Wildman–Crippen MR) is 113 cm³/mol. The molecule has 140 valence electrons. The number of nitrogens with zero attached hydrogens (tertiary/aromatic N) is 1. The highest BCUT2D eigenvalue weighted by atomic mass is 32.2. The van der Waals surface area contributed by atoms with Gasteiger partial charge < -0.3 is 10.4 Å². The lowest BCUT2D eigenvalue weighted by Crippen LogP contribution is -2.45. The van der Waals surface area contributed by atoms with Gasteiger partial charge in [0.15, 0.2) is 0 Å². The zero-order valence-corrected chi connectivity index (χ0v) is 16.8. The molecular formula is C19H18N2O3S3. The molecule has 0 saturated carbocycles. The van der Waals surface area contributed by atoms with Gasteiger partial charge in [-0.1, -0.05) is 60.4 Å². The first-order valence-corrected chi connectivity index (χ1v) is 10.4. The summed E-state index contributed by atoms with van der Waals surface area (Å²) in [5.41, 5.74) is 1.02. The molecule has 2 heterocycles. The first kappa shape index (κ1) is 19.8. The van der Waals surface area contributed by atoms with Crippen LogP contribution in [0.3, 0.4) is 0 Å². The molecule has 0 spiro atoms. The van der Waals surface area contributed by atoms with Crippen molar-refractivity contribution in [3.8, 4) is 0 Å². The monoisotopic (exact) mass is 418 g/mol. The van der Waals surface area contributed by atoms with Crippen molar-refractivity contribution in [2.24, 2.45) is 0 Å². The molecule has 2 N–H and O–H groups in total. The van der Waals surface area contributed by atoms with Gasteiger partial charge in [0.05, 0.1) is 17.6 Å². The molecule has 0 unspecified atom stereocenters. The Morgan fingerprint density at radius 3 is 2.70 bits per heavy atom. The van der Waals surface area contributed by atoms with Gasteiger partial charge in [0.25, 0.3) is 5.91 Å². The lowest BCUT2D eigenvalue weighted by Gasteiger charge is -2.19. The van der Waals surface area contributed by atoms with Crippen LogP contribution in [0.4, 0.5) is 0 Å². The third kappa shape index (κ3) is 5.26. The van der Waals surface area contributed by atoms with Crippen LogP contribution in [0, 0.1) is 0 Å². The van der Waals surface area contributed by atoms with E-state index in [4.69, 9.17) is 12.2 Å². The van der Waals surface area contributed by atoms with Gasteiger partial charge in [0.2, 0.25) is 5.91 Å². The van der Waals surface area contributed by atoms with E-state index in [0.717, 1.165) is 10.4 Å². The van der Waals surface area contributed by atoms with Gasteiger partial charge in [-0.05, 0) is 29.5 Å². The van der Waals surface area contributed by atoms with Crippen molar-refractivity contribution in [3.05, 3.63) is 63.2 Å². The Morgan fingerprint density at radius 2 is 2.04 bits per heavy atom. The summed E-state index contributed by atoms with van der Waals surface area (Å²) in [6.45, 7) is -0.338. The maximum atomic E-state index is 12.5. The summed E-state index contributed by atoms with van der Waals surface area (Å²) < 4.78 is 0.363. The summed E-state index contributed by atoms with van der Waals surface area (Å²) in [6, 6.07) is 13.0. The third-order valence-electron chi connectivity index (χ3n) is 3.90. The van der Waals surface area contributed by atoms with Crippen molar-refractivity contribution in [3.63, 3.8) is 0 Å². The Bertz CT molecular complexity index is 850. The van der Waals surface area contributed by atoms with E-state index in [0.29, 0.717) is 15.6 Å². The first-order chi connectivity index (χ1) is 13.1. The van der Waals surface area contributed by atoms with Crippen molar-refractivity contribution < 1.29 is 14.7 Å². The topological polar surface area (TPSA) is 69.6 Å². The smallest absolute Gasteiger partial charge is 0.266 e. The van der Waals surface area contributed by atoms with E-state index in [1.54, 1.807) is 6.08 Å². The Labute approximate surface area is 171 Å². The standard InChI is InChI=1S/C19H18N2O3S3/c22-12-14(9-13-5-2-1-3-6-13)20-17(23)11-21-18(24)16(27-19(21)25)10-15-7-4-8-26-15/h1-8,10,14,22H,9,11-12H2,(H,20,23)/b16-10+/t14-/m1/s1. The van der Waals surface area contributed by atoms with Gasteiger partial charge in [-0.15, -0.1) is 11.3 Å². The number of thiophene rings is 1. The molecule has 1 saturated heterocycles. The summed E-state index contributed by atoms with van der Waals surface area (Å²) in [7, 11) is 0. The molecular weight excluding hydrogens is 400 g/mol. The van der Waals surface area contributed by atoms with Crippen LogP contribution < -0.4 is 5.32 Å². The van der Waals surface area contributed by atoms with Crippen LogP contribution in [0.25, 0.3) is 6.08 Å². The molecule has 1 fully saturated rings. The molecule has 1 aliphatic rings. The molecule has 2 amide bonds. The molecule has 27 heavy (non-hydrogen) atoms. The van der Waals surface area contributed by atoms with Crippen LogP contribution >= 0.6 is 35.3 Å². The summed E-state index contributed by atoms with van der Waals surface area (Å²) >= 11 is 7.98. The predicted octanol–water partition coefficient (Wildman–Crippen LogP) is 2.67. The van der Waals surface area contributed by atoms with E-state index in [1.807, 2.05) is 47.8 Å². The molecule has 5 nitrogen and oxygen atoms in total. The van der Waals surface area contributed by atoms with Gasteiger partial charge in [-0.2, -0.15) is 0 Å². The fourth-order valence-electron chi connectivity index (χ4n) is 2.62. The highest BCUT2D eigenvalue weighted by Crippen LogP contribution is 2.33. The Balaban J connectivity index is 1.59. The van der Waals surface area contributed by atoms with Crippen molar-refractivity contribution in [2.75, 3.05) is 13.2 Å². The van der Waals surface area contributed by atoms with Crippen LogP contribution in [0.15, 0.2) is 52.7 Å². The Morgan fingerprint density at radius 1 is 1.26 bits per heavy atom. The summed E-state index contributed by atoms with van der Waals surface area (Å²) in [5.74, 6) is -0.615. The van der Waals surface area contributed by atoms with E-state index in [2.05, 4.69) is 5.32 Å². The molecule has 2 aromatic rings. The second kappa shape index (κ2) is 9.27. The summed E-state index contributed by atoms with van der Waals surface area (Å²) in [6.07, 6.45) is 2.30. The highest BCUT2D eigenvalue weighted by molar-refractivity contribution is 8.26. The van der Waals surface area contributed by atoms with Crippen LogP contribution in [0.5, 0.6) is 0 Å². The normalized spacial score (nSPS) is 16.8. The van der Waals surface area contributed by atoms with Crippen LogP contribution in [-0.4, -0.2) is 45.3 Å². The maximum Gasteiger partial charge on any atom is 0.266 e. The number of rotatable bonds is 7. The molecule has 8 heteroatoms. The molecule has 0 bridgehead atoms. The van der Waals surface area contributed by atoms with Crippen LogP contribution in [-0.2, 0) is 16.0 Å².